The van der Waals surface area contributed by atoms with Gasteiger partial charge in [0.1, 0.15) is 0 Å². The number of hydrogen-bond acceptors (Lipinski definition) is 3. The highest BCUT2D eigenvalue weighted by Crippen LogP contribution is 2.49. The van der Waals surface area contributed by atoms with Crippen molar-refractivity contribution in [2.24, 2.45) is 16.3 Å². The molecule has 1 saturated carbocycles. The normalized spacial score (nSPS) is 25.9. The van der Waals surface area contributed by atoms with Crippen LogP contribution in [0.3, 0.4) is 0 Å². The highest BCUT2D eigenvalue weighted by atomic mass is 16.5. The van der Waals surface area contributed by atoms with Crippen LogP contribution in [-0.4, -0.2) is 67.7 Å². The van der Waals surface area contributed by atoms with Gasteiger partial charge in [0.15, 0.2) is 5.96 Å². The molecule has 0 bridgehead atoms. The van der Waals surface area contributed by atoms with Gasteiger partial charge in [-0.15, -0.1) is 0 Å². The third-order valence-corrected chi connectivity index (χ3v) is 7.55. The summed E-state index contributed by atoms with van der Waals surface area (Å²) in [7, 11) is 0. The summed E-state index contributed by atoms with van der Waals surface area (Å²) >= 11 is 0. The summed E-state index contributed by atoms with van der Waals surface area (Å²) < 4.78 is 5.61. The van der Waals surface area contributed by atoms with E-state index in [1.165, 1.54) is 44.2 Å². The van der Waals surface area contributed by atoms with Gasteiger partial charge >= 0.3 is 0 Å². The molecule has 3 aliphatic rings. The zero-order valence-electron chi connectivity index (χ0n) is 19.7. The van der Waals surface area contributed by atoms with Crippen molar-refractivity contribution in [3.8, 4) is 0 Å². The Morgan fingerprint density at radius 2 is 2.00 bits per heavy atom. The molecule has 172 valence electrons. The Hall–Kier alpha value is -1.59. The SMILES string of the molecule is CCNC(=NCC1(CCOCC)CC1)N1CCC2C(CCCN2Cc2ccccc2)C1. The van der Waals surface area contributed by atoms with Gasteiger partial charge in [-0.05, 0) is 75.8 Å². The molecule has 0 amide bonds. The summed E-state index contributed by atoms with van der Waals surface area (Å²) in [6, 6.07) is 11.7. The second-order valence-electron chi connectivity index (χ2n) is 9.78. The number of likely N-dealkylation sites (tertiary alicyclic amines) is 2. The van der Waals surface area contributed by atoms with E-state index in [0.717, 1.165) is 64.2 Å². The predicted octanol–water partition coefficient (Wildman–Crippen LogP) is 4.15. The van der Waals surface area contributed by atoms with Crippen molar-refractivity contribution in [2.45, 2.75) is 65.0 Å². The number of ether oxygens (including phenoxy) is 1. The van der Waals surface area contributed by atoms with Gasteiger partial charge in [0.2, 0.25) is 0 Å². The Kier molecular flexibility index (Phi) is 7.89. The number of benzene rings is 1. The number of guanidine groups is 1. The molecule has 2 aliphatic heterocycles. The van der Waals surface area contributed by atoms with Crippen LogP contribution in [0, 0.1) is 11.3 Å². The molecule has 5 nitrogen and oxygen atoms in total. The van der Waals surface area contributed by atoms with E-state index in [1.807, 2.05) is 0 Å². The Morgan fingerprint density at radius 3 is 2.74 bits per heavy atom. The lowest BCUT2D eigenvalue weighted by molar-refractivity contribution is 0.0372. The second kappa shape index (κ2) is 10.8. The minimum atomic E-state index is 0.408. The van der Waals surface area contributed by atoms with Gasteiger partial charge in [-0.2, -0.15) is 0 Å². The predicted molar refractivity (Wildman–Crippen MR) is 128 cm³/mol. The van der Waals surface area contributed by atoms with Gasteiger partial charge < -0.3 is 15.0 Å². The summed E-state index contributed by atoms with van der Waals surface area (Å²) in [5, 5.41) is 3.60. The van der Waals surface area contributed by atoms with E-state index in [4.69, 9.17) is 9.73 Å². The van der Waals surface area contributed by atoms with Gasteiger partial charge in [-0.1, -0.05) is 30.3 Å². The summed E-state index contributed by atoms with van der Waals surface area (Å²) in [6.45, 7) is 12.5. The van der Waals surface area contributed by atoms with Crippen LogP contribution in [0.15, 0.2) is 35.3 Å². The fourth-order valence-corrected chi connectivity index (χ4v) is 5.48. The lowest BCUT2D eigenvalue weighted by Gasteiger charge is -2.48. The van der Waals surface area contributed by atoms with Crippen LogP contribution in [0.2, 0.25) is 0 Å². The van der Waals surface area contributed by atoms with Crippen molar-refractivity contribution in [1.82, 2.24) is 15.1 Å². The van der Waals surface area contributed by atoms with Crippen molar-refractivity contribution in [2.75, 3.05) is 45.9 Å². The average molecular weight is 427 g/mol. The van der Waals surface area contributed by atoms with Crippen molar-refractivity contribution < 1.29 is 4.74 Å². The molecule has 0 aromatic heterocycles. The topological polar surface area (TPSA) is 40.1 Å². The molecule has 1 aromatic rings. The number of aliphatic imine (C=N–C) groups is 1. The van der Waals surface area contributed by atoms with E-state index < -0.39 is 0 Å². The van der Waals surface area contributed by atoms with E-state index in [1.54, 1.807) is 0 Å². The molecular formula is C26H42N4O. The van der Waals surface area contributed by atoms with Crippen molar-refractivity contribution in [1.29, 1.82) is 0 Å². The first-order valence-corrected chi connectivity index (χ1v) is 12.6. The number of piperidine rings is 2. The summed E-state index contributed by atoms with van der Waals surface area (Å²) in [5.74, 6) is 1.90. The molecule has 31 heavy (non-hydrogen) atoms. The molecule has 5 heteroatoms. The molecule has 1 aliphatic carbocycles. The minimum Gasteiger partial charge on any atom is -0.382 e. The standard InChI is InChI=1S/C26H42N4O/c1-3-27-25(28-21-26(13-14-26)15-18-31-4-2)30-17-12-24-23(20-30)11-8-16-29(24)19-22-9-6-5-7-10-22/h5-7,9-10,23-24H,3-4,8,11-21H2,1-2H3,(H,27,28). The lowest BCUT2D eigenvalue weighted by atomic mass is 9.83. The van der Waals surface area contributed by atoms with Crippen LogP contribution in [0.4, 0.5) is 0 Å². The third-order valence-electron chi connectivity index (χ3n) is 7.55. The molecule has 4 rings (SSSR count). The fraction of sp³-hybridized carbons (Fsp3) is 0.731. The zero-order valence-corrected chi connectivity index (χ0v) is 19.7. The smallest absolute Gasteiger partial charge is 0.193 e. The Morgan fingerprint density at radius 1 is 1.16 bits per heavy atom. The molecule has 2 heterocycles. The van der Waals surface area contributed by atoms with Gasteiger partial charge in [0.05, 0.1) is 0 Å². The third kappa shape index (κ3) is 6.01. The second-order valence-corrected chi connectivity index (χ2v) is 9.78. The number of rotatable bonds is 9. The molecule has 3 fully saturated rings. The van der Waals surface area contributed by atoms with Crippen LogP contribution in [0.1, 0.15) is 57.9 Å². The van der Waals surface area contributed by atoms with Crippen LogP contribution in [-0.2, 0) is 11.3 Å². The zero-order chi connectivity index (χ0) is 21.5. The van der Waals surface area contributed by atoms with E-state index in [2.05, 4.69) is 59.3 Å². The summed E-state index contributed by atoms with van der Waals surface area (Å²) in [5.41, 5.74) is 1.85. The quantitative estimate of drug-likeness (QED) is 0.366. The van der Waals surface area contributed by atoms with Gasteiger partial charge in [-0.25, -0.2) is 0 Å². The van der Waals surface area contributed by atoms with Crippen LogP contribution < -0.4 is 5.32 Å². The Bertz CT molecular complexity index is 703. The van der Waals surface area contributed by atoms with Gasteiger partial charge in [-0.3, -0.25) is 9.89 Å². The highest BCUT2D eigenvalue weighted by molar-refractivity contribution is 5.80. The minimum absolute atomic E-state index is 0.408. The van der Waals surface area contributed by atoms with Crippen molar-refractivity contribution in [3.05, 3.63) is 35.9 Å². The van der Waals surface area contributed by atoms with Crippen molar-refractivity contribution in [3.63, 3.8) is 0 Å². The molecule has 2 unspecified atom stereocenters. The Balaban J connectivity index is 1.35. The first-order chi connectivity index (χ1) is 15.2. The maximum Gasteiger partial charge on any atom is 0.193 e. The van der Waals surface area contributed by atoms with E-state index in [-0.39, 0.29) is 0 Å². The molecule has 0 spiro atoms. The van der Waals surface area contributed by atoms with Gasteiger partial charge in [0.25, 0.3) is 0 Å². The van der Waals surface area contributed by atoms with E-state index >= 15 is 0 Å². The molecule has 2 saturated heterocycles. The highest BCUT2D eigenvalue weighted by Gasteiger charge is 2.42. The van der Waals surface area contributed by atoms with Crippen molar-refractivity contribution >= 4 is 5.96 Å². The van der Waals surface area contributed by atoms with E-state index in [9.17, 15) is 0 Å². The molecule has 2 atom stereocenters. The molecule has 1 N–H and O–H groups in total. The average Bonchev–Trinajstić information content (AvgIpc) is 3.57. The number of nitrogens with zero attached hydrogens (tertiary/aromatic N) is 3. The number of nitrogens with one attached hydrogen (secondary N) is 1. The maximum atomic E-state index is 5.61. The summed E-state index contributed by atoms with van der Waals surface area (Å²) in [6.07, 6.45) is 7.69. The first kappa shape index (κ1) is 22.6. The number of fused-ring (bicyclic) bond motifs is 1. The monoisotopic (exact) mass is 426 g/mol. The van der Waals surface area contributed by atoms with Gasteiger partial charge in [0, 0.05) is 52.0 Å². The molecule has 0 radical (unpaired) electrons. The number of hydrogen-bond donors (Lipinski definition) is 1. The molecular weight excluding hydrogens is 384 g/mol. The largest absolute Gasteiger partial charge is 0.382 e. The van der Waals surface area contributed by atoms with Crippen LogP contribution >= 0.6 is 0 Å². The first-order valence-electron chi connectivity index (χ1n) is 12.6. The summed E-state index contributed by atoms with van der Waals surface area (Å²) in [4.78, 5) is 10.4. The fourth-order valence-electron chi connectivity index (χ4n) is 5.48. The van der Waals surface area contributed by atoms with Crippen LogP contribution in [0.25, 0.3) is 0 Å². The maximum absolute atomic E-state index is 5.61. The lowest BCUT2D eigenvalue weighted by Crippen LogP contribution is -2.56. The van der Waals surface area contributed by atoms with Crippen LogP contribution in [0.5, 0.6) is 0 Å². The molecule has 1 aromatic carbocycles. The van der Waals surface area contributed by atoms with E-state index in [0.29, 0.717) is 11.5 Å². The Labute approximate surface area is 189 Å².